The molecule has 0 spiro atoms. The number of anilines is 1. The van der Waals surface area contributed by atoms with Crippen LogP contribution in [0.25, 0.3) is 11.1 Å². The topological polar surface area (TPSA) is 75.3 Å². The number of hydrogen-bond acceptors (Lipinski definition) is 3. The molecule has 0 saturated heterocycles. The van der Waals surface area contributed by atoms with Gasteiger partial charge in [-0.3, -0.25) is 4.79 Å². The number of hydrogen-bond donors (Lipinski definition) is 2. The molecule has 21 heavy (non-hydrogen) atoms. The van der Waals surface area contributed by atoms with E-state index in [-0.39, 0.29) is 10.8 Å². The minimum Gasteiger partial charge on any atom is -0.326 e. The van der Waals surface area contributed by atoms with Crippen LogP contribution in [0.5, 0.6) is 0 Å². The Balaban J connectivity index is 2.25. The number of amides is 1. The molecule has 1 amide bonds. The molecule has 0 aliphatic carbocycles. The molecular weight excluding hydrogens is 288 g/mol. The van der Waals surface area contributed by atoms with Crippen LogP contribution >= 0.6 is 0 Å². The second-order valence-corrected chi connectivity index (χ2v) is 6.38. The molecule has 0 saturated carbocycles. The van der Waals surface area contributed by atoms with Crippen molar-refractivity contribution in [3.8, 4) is 11.1 Å². The lowest BCUT2D eigenvalue weighted by atomic mass is 10.1. The van der Waals surface area contributed by atoms with E-state index in [0.29, 0.717) is 0 Å². The van der Waals surface area contributed by atoms with Crippen molar-refractivity contribution in [1.82, 2.24) is 4.72 Å². The van der Waals surface area contributed by atoms with Gasteiger partial charge in [0, 0.05) is 12.6 Å². The summed E-state index contributed by atoms with van der Waals surface area (Å²) in [6.45, 7) is 1.45. The molecule has 0 unspecified atom stereocenters. The molecule has 0 aliphatic rings. The number of nitrogens with one attached hydrogen (secondary N) is 2. The summed E-state index contributed by atoms with van der Waals surface area (Å²) in [6, 6.07) is 13.9. The Morgan fingerprint density at radius 2 is 1.38 bits per heavy atom. The molecule has 0 bridgehead atoms. The Hall–Kier alpha value is -2.18. The van der Waals surface area contributed by atoms with Crippen LogP contribution in [0.4, 0.5) is 5.69 Å². The van der Waals surface area contributed by atoms with Crippen LogP contribution < -0.4 is 10.0 Å². The van der Waals surface area contributed by atoms with Gasteiger partial charge in [-0.05, 0) is 42.4 Å². The van der Waals surface area contributed by atoms with Gasteiger partial charge in [0.25, 0.3) is 0 Å². The highest BCUT2D eigenvalue weighted by Gasteiger charge is 2.10. The van der Waals surface area contributed by atoms with Gasteiger partial charge in [0.15, 0.2) is 0 Å². The fraction of sp³-hybridized carbons (Fsp3) is 0.133. The van der Waals surface area contributed by atoms with E-state index in [1.165, 1.54) is 14.0 Å². The number of carbonyl (C=O) groups is 1. The maximum Gasteiger partial charge on any atom is 0.240 e. The Kier molecular flexibility index (Phi) is 4.40. The second kappa shape index (κ2) is 6.07. The molecule has 0 heterocycles. The molecule has 0 atom stereocenters. The first-order valence-corrected chi connectivity index (χ1v) is 7.82. The first-order chi connectivity index (χ1) is 9.92. The molecule has 2 aromatic carbocycles. The van der Waals surface area contributed by atoms with Crippen molar-refractivity contribution in [3.63, 3.8) is 0 Å². The van der Waals surface area contributed by atoms with Crippen molar-refractivity contribution in [2.24, 2.45) is 0 Å². The number of benzene rings is 2. The van der Waals surface area contributed by atoms with Gasteiger partial charge in [0.05, 0.1) is 4.90 Å². The van der Waals surface area contributed by atoms with Crippen LogP contribution in [0.3, 0.4) is 0 Å². The summed E-state index contributed by atoms with van der Waals surface area (Å²) in [5, 5.41) is 2.69. The number of sulfonamides is 1. The Labute approximate surface area is 124 Å². The fourth-order valence-electron chi connectivity index (χ4n) is 1.89. The predicted octanol–water partition coefficient (Wildman–Crippen LogP) is 2.22. The largest absolute Gasteiger partial charge is 0.326 e. The predicted molar refractivity (Wildman–Crippen MR) is 82.4 cm³/mol. The normalized spacial score (nSPS) is 11.1. The molecule has 6 heteroatoms. The zero-order valence-corrected chi connectivity index (χ0v) is 12.6. The van der Waals surface area contributed by atoms with Gasteiger partial charge in [0.2, 0.25) is 15.9 Å². The quantitative estimate of drug-likeness (QED) is 0.909. The van der Waals surface area contributed by atoms with Gasteiger partial charge >= 0.3 is 0 Å². The molecule has 2 rings (SSSR count). The summed E-state index contributed by atoms with van der Waals surface area (Å²) >= 11 is 0. The first kappa shape index (κ1) is 15.2. The molecule has 110 valence electrons. The van der Waals surface area contributed by atoms with Crippen LogP contribution in [0.15, 0.2) is 53.4 Å². The Morgan fingerprint density at radius 3 is 1.81 bits per heavy atom. The third-order valence-electron chi connectivity index (χ3n) is 2.97. The van der Waals surface area contributed by atoms with E-state index < -0.39 is 10.0 Å². The monoisotopic (exact) mass is 304 g/mol. The van der Waals surface area contributed by atoms with Crippen molar-refractivity contribution in [1.29, 1.82) is 0 Å². The lowest BCUT2D eigenvalue weighted by Gasteiger charge is -2.06. The molecule has 0 radical (unpaired) electrons. The van der Waals surface area contributed by atoms with Crippen molar-refractivity contribution < 1.29 is 13.2 Å². The van der Waals surface area contributed by atoms with Crippen LogP contribution in [0.2, 0.25) is 0 Å². The fourth-order valence-corrected chi connectivity index (χ4v) is 2.62. The highest BCUT2D eigenvalue weighted by molar-refractivity contribution is 7.89. The van der Waals surface area contributed by atoms with E-state index in [0.717, 1.165) is 16.8 Å². The third kappa shape index (κ3) is 3.68. The second-order valence-electron chi connectivity index (χ2n) is 4.49. The summed E-state index contributed by atoms with van der Waals surface area (Å²) in [4.78, 5) is 11.2. The summed E-state index contributed by atoms with van der Waals surface area (Å²) in [5.41, 5.74) is 2.57. The van der Waals surface area contributed by atoms with Gasteiger partial charge in [-0.15, -0.1) is 0 Å². The zero-order valence-electron chi connectivity index (χ0n) is 11.8. The van der Waals surface area contributed by atoms with E-state index in [1.54, 1.807) is 36.4 Å². The Morgan fingerprint density at radius 1 is 0.905 bits per heavy atom. The smallest absolute Gasteiger partial charge is 0.240 e. The Bertz CT molecular complexity index is 735. The number of rotatable bonds is 4. The van der Waals surface area contributed by atoms with Crippen molar-refractivity contribution in [2.45, 2.75) is 11.8 Å². The first-order valence-electron chi connectivity index (χ1n) is 6.34. The average Bonchev–Trinajstić information content (AvgIpc) is 2.47. The highest BCUT2D eigenvalue weighted by atomic mass is 32.2. The van der Waals surface area contributed by atoms with Crippen molar-refractivity contribution >= 4 is 21.6 Å². The molecule has 2 aromatic rings. The van der Waals surface area contributed by atoms with Crippen molar-refractivity contribution in [3.05, 3.63) is 48.5 Å². The van der Waals surface area contributed by atoms with Gasteiger partial charge in [-0.25, -0.2) is 13.1 Å². The zero-order chi connectivity index (χ0) is 15.5. The van der Waals surface area contributed by atoms with Gasteiger partial charge in [-0.2, -0.15) is 0 Å². The van der Waals surface area contributed by atoms with Gasteiger partial charge < -0.3 is 5.32 Å². The maximum atomic E-state index is 11.6. The average molecular weight is 304 g/mol. The lowest BCUT2D eigenvalue weighted by Crippen LogP contribution is -2.18. The molecular formula is C15H16N2O3S. The van der Waals surface area contributed by atoms with Gasteiger partial charge in [-0.1, -0.05) is 24.3 Å². The minimum atomic E-state index is -3.41. The molecule has 2 N–H and O–H groups in total. The molecule has 0 aliphatic heterocycles. The SMILES string of the molecule is CNS(=O)(=O)c1ccc(-c2ccc(NC(C)=O)cc2)cc1. The molecule has 0 aromatic heterocycles. The number of carbonyl (C=O) groups excluding carboxylic acids is 1. The van der Waals surface area contributed by atoms with E-state index >= 15 is 0 Å². The van der Waals surface area contributed by atoms with Gasteiger partial charge in [0.1, 0.15) is 0 Å². The lowest BCUT2D eigenvalue weighted by molar-refractivity contribution is -0.114. The summed E-state index contributed by atoms with van der Waals surface area (Å²) < 4.78 is 25.6. The van der Waals surface area contributed by atoms with E-state index in [2.05, 4.69) is 10.0 Å². The van der Waals surface area contributed by atoms with Crippen LogP contribution in [-0.2, 0) is 14.8 Å². The molecule has 0 fully saturated rings. The standard InChI is InChI=1S/C15H16N2O3S/c1-11(18)17-14-7-3-12(4-8-14)13-5-9-15(10-6-13)21(19,20)16-2/h3-10,16H,1-2H3,(H,17,18). The minimum absolute atomic E-state index is 0.121. The summed E-state index contributed by atoms with van der Waals surface area (Å²) in [7, 11) is -2.04. The summed E-state index contributed by atoms with van der Waals surface area (Å²) in [6.07, 6.45) is 0. The third-order valence-corrected chi connectivity index (χ3v) is 4.40. The van der Waals surface area contributed by atoms with E-state index in [1.807, 2.05) is 12.1 Å². The van der Waals surface area contributed by atoms with Crippen molar-refractivity contribution in [2.75, 3.05) is 12.4 Å². The van der Waals surface area contributed by atoms with Crippen LogP contribution in [-0.4, -0.2) is 21.4 Å². The summed E-state index contributed by atoms with van der Waals surface area (Å²) in [5.74, 6) is -0.121. The maximum absolute atomic E-state index is 11.6. The molecule has 5 nitrogen and oxygen atoms in total. The highest BCUT2D eigenvalue weighted by Crippen LogP contribution is 2.23. The van der Waals surface area contributed by atoms with Crippen LogP contribution in [0, 0.1) is 0 Å². The van der Waals surface area contributed by atoms with E-state index in [9.17, 15) is 13.2 Å². The van der Waals surface area contributed by atoms with Crippen LogP contribution in [0.1, 0.15) is 6.92 Å². The van der Waals surface area contributed by atoms with E-state index in [4.69, 9.17) is 0 Å².